The molecule has 1 amide bonds. The van der Waals surface area contributed by atoms with E-state index >= 15 is 0 Å². The molecule has 13 heavy (non-hydrogen) atoms. The Hall–Kier alpha value is -0.810. The molecule has 0 aliphatic heterocycles. The minimum Gasteiger partial charge on any atom is -0.453 e. The van der Waals surface area contributed by atoms with Crippen LogP contribution >= 0.6 is 0 Å². The molecule has 0 rings (SSSR count). The Morgan fingerprint density at radius 1 is 1.38 bits per heavy atom. The minimum absolute atomic E-state index is 0.117. The normalized spacial score (nSPS) is 12.3. The molecule has 0 saturated carbocycles. The molecule has 0 aliphatic carbocycles. The third-order valence-corrected chi connectivity index (χ3v) is 1.65. The summed E-state index contributed by atoms with van der Waals surface area (Å²) in [5.41, 5.74) is 0. The monoisotopic (exact) mass is 191 g/mol. The van der Waals surface area contributed by atoms with Gasteiger partial charge >= 0.3 is 6.09 Å². The van der Waals surface area contributed by atoms with E-state index in [0.29, 0.717) is 13.2 Å². The van der Waals surface area contributed by atoms with Gasteiger partial charge in [0.25, 0.3) is 0 Å². The van der Waals surface area contributed by atoms with Crippen LogP contribution in [0.2, 0.25) is 0 Å². The van der Waals surface area contributed by atoms with Crippen molar-refractivity contribution in [2.75, 3.05) is 41.5 Å². The third-order valence-electron chi connectivity index (χ3n) is 1.65. The number of amides is 1. The first-order chi connectivity index (χ1) is 6.15. The van der Waals surface area contributed by atoms with E-state index in [2.05, 4.69) is 4.74 Å². The van der Waals surface area contributed by atoms with Gasteiger partial charge in [0.1, 0.15) is 0 Å². The lowest BCUT2D eigenvalue weighted by Crippen LogP contribution is -2.37. The molecule has 0 saturated heterocycles. The topological polar surface area (TPSA) is 48.0 Å². The Balaban J connectivity index is 3.85. The third kappa shape index (κ3) is 4.69. The van der Waals surface area contributed by atoms with E-state index in [0.717, 1.165) is 0 Å². The lowest BCUT2D eigenvalue weighted by molar-refractivity contribution is 0.0105. The largest absolute Gasteiger partial charge is 0.453 e. The average molecular weight is 191 g/mol. The van der Waals surface area contributed by atoms with Gasteiger partial charge in [-0.15, -0.1) is 0 Å². The maximum atomic E-state index is 11.0. The van der Waals surface area contributed by atoms with Crippen molar-refractivity contribution >= 4 is 6.09 Å². The molecule has 0 aliphatic rings. The predicted molar refractivity (Wildman–Crippen MR) is 47.7 cm³/mol. The summed E-state index contributed by atoms with van der Waals surface area (Å²) in [6, 6.07) is 0. The highest BCUT2D eigenvalue weighted by molar-refractivity contribution is 5.66. The van der Waals surface area contributed by atoms with E-state index in [1.165, 1.54) is 12.0 Å². The molecule has 0 fully saturated rings. The van der Waals surface area contributed by atoms with E-state index in [1.807, 2.05) is 0 Å². The molecule has 0 heterocycles. The Morgan fingerprint density at radius 2 is 2.00 bits per heavy atom. The second kappa shape index (κ2) is 6.68. The minimum atomic E-state index is -0.377. The SMILES string of the molecule is COC[C@@H](CN(C)C(=O)OC)OC. The summed E-state index contributed by atoms with van der Waals surface area (Å²) in [7, 11) is 6.16. The van der Waals surface area contributed by atoms with Crippen LogP contribution in [-0.2, 0) is 14.2 Å². The fraction of sp³-hybridized carbons (Fsp3) is 0.875. The zero-order valence-electron chi connectivity index (χ0n) is 8.57. The van der Waals surface area contributed by atoms with Crippen molar-refractivity contribution in [2.45, 2.75) is 6.10 Å². The van der Waals surface area contributed by atoms with Crippen LogP contribution in [0.1, 0.15) is 0 Å². The van der Waals surface area contributed by atoms with Crippen molar-refractivity contribution in [1.82, 2.24) is 4.90 Å². The maximum absolute atomic E-state index is 11.0. The van der Waals surface area contributed by atoms with Crippen LogP contribution in [0.5, 0.6) is 0 Å². The number of hydrogen-bond donors (Lipinski definition) is 0. The van der Waals surface area contributed by atoms with Gasteiger partial charge in [0.2, 0.25) is 0 Å². The fourth-order valence-corrected chi connectivity index (χ4v) is 0.917. The summed E-state index contributed by atoms with van der Waals surface area (Å²) in [4.78, 5) is 12.4. The summed E-state index contributed by atoms with van der Waals surface area (Å²) in [5, 5.41) is 0. The first-order valence-electron chi connectivity index (χ1n) is 3.96. The van der Waals surface area contributed by atoms with Crippen LogP contribution < -0.4 is 0 Å². The molecule has 1 atom stereocenters. The molecule has 0 N–H and O–H groups in total. The molecular formula is C8H17NO4. The number of carbonyl (C=O) groups excluding carboxylic acids is 1. The Morgan fingerprint density at radius 3 is 2.38 bits per heavy atom. The molecule has 0 aromatic rings. The van der Waals surface area contributed by atoms with Crippen molar-refractivity contribution in [3.63, 3.8) is 0 Å². The molecule has 0 unspecified atom stereocenters. The molecule has 0 radical (unpaired) electrons. The van der Waals surface area contributed by atoms with Crippen molar-refractivity contribution < 1.29 is 19.0 Å². The van der Waals surface area contributed by atoms with Gasteiger partial charge in [-0.05, 0) is 0 Å². The van der Waals surface area contributed by atoms with E-state index in [-0.39, 0.29) is 12.2 Å². The lowest BCUT2D eigenvalue weighted by atomic mass is 10.3. The first-order valence-corrected chi connectivity index (χ1v) is 3.96. The van der Waals surface area contributed by atoms with E-state index in [9.17, 15) is 4.79 Å². The van der Waals surface area contributed by atoms with E-state index < -0.39 is 0 Å². The molecular weight excluding hydrogens is 174 g/mol. The van der Waals surface area contributed by atoms with Crippen LogP contribution in [0.25, 0.3) is 0 Å². The standard InChI is InChI=1S/C8H17NO4/c1-9(8(10)13-4)5-7(12-3)6-11-2/h7H,5-6H2,1-4H3/t7-/m1/s1. The number of ether oxygens (including phenoxy) is 3. The van der Waals surface area contributed by atoms with Crippen molar-refractivity contribution in [3.8, 4) is 0 Å². The Labute approximate surface area is 78.6 Å². The van der Waals surface area contributed by atoms with Crippen LogP contribution in [0, 0.1) is 0 Å². The lowest BCUT2D eigenvalue weighted by Gasteiger charge is -2.21. The number of hydrogen-bond acceptors (Lipinski definition) is 4. The summed E-state index contributed by atoms with van der Waals surface area (Å²) in [6.07, 6.45) is -0.493. The van der Waals surface area contributed by atoms with Gasteiger partial charge in [-0.3, -0.25) is 0 Å². The van der Waals surface area contributed by atoms with Gasteiger partial charge in [-0.2, -0.15) is 0 Å². The zero-order chi connectivity index (χ0) is 10.3. The second-order valence-electron chi connectivity index (χ2n) is 2.66. The molecule has 5 heteroatoms. The highest BCUT2D eigenvalue weighted by Gasteiger charge is 2.14. The molecule has 0 aromatic carbocycles. The molecule has 0 aromatic heterocycles. The molecule has 0 spiro atoms. The number of nitrogens with zero attached hydrogens (tertiary/aromatic N) is 1. The highest BCUT2D eigenvalue weighted by Crippen LogP contribution is 1.96. The van der Waals surface area contributed by atoms with Crippen molar-refractivity contribution in [2.24, 2.45) is 0 Å². The predicted octanol–water partition coefficient (Wildman–Crippen LogP) is 0.346. The molecule has 78 valence electrons. The Kier molecular flexibility index (Phi) is 6.26. The molecule has 0 bridgehead atoms. The second-order valence-corrected chi connectivity index (χ2v) is 2.66. The summed E-state index contributed by atoms with van der Waals surface area (Å²) < 4.78 is 14.5. The van der Waals surface area contributed by atoms with Gasteiger partial charge in [-0.25, -0.2) is 4.79 Å². The van der Waals surface area contributed by atoms with E-state index in [1.54, 1.807) is 21.3 Å². The molecule has 5 nitrogen and oxygen atoms in total. The number of methoxy groups -OCH3 is 3. The number of rotatable bonds is 5. The zero-order valence-corrected chi connectivity index (χ0v) is 8.57. The van der Waals surface area contributed by atoms with Gasteiger partial charge in [0, 0.05) is 21.3 Å². The first kappa shape index (κ1) is 12.2. The van der Waals surface area contributed by atoms with Crippen molar-refractivity contribution in [1.29, 1.82) is 0 Å². The summed E-state index contributed by atoms with van der Waals surface area (Å²) in [6.45, 7) is 0.912. The van der Waals surface area contributed by atoms with Gasteiger partial charge in [0.05, 0.1) is 26.4 Å². The van der Waals surface area contributed by atoms with Crippen LogP contribution in [0.4, 0.5) is 4.79 Å². The fourth-order valence-electron chi connectivity index (χ4n) is 0.917. The van der Waals surface area contributed by atoms with E-state index in [4.69, 9.17) is 9.47 Å². The highest BCUT2D eigenvalue weighted by atomic mass is 16.5. The van der Waals surface area contributed by atoms with Gasteiger partial charge in [0.15, 0.2) is 0 Å². The quantitative estimate of drug-likeness (QED) is 0.629. The maximum Gasteiger partial charge on any atom is 0.409 e. The Bertz CT molecular complexity index is 151. The van der Waals surface area contributed by atoms with Gasteiger partial charge in [-0.1, -0.05) is 0 Å². The summed E-state index contributed by atoms with van der Waals surface area (Å²) in [5.74, 6) is 0. The van der Waals surface area contributed by atoms with Gasteiger partial charge < -0.3 is 19.1 Å². The number of likely N-dealkylation sites (N-methyl/N-ethyl adjacent to an activating group) is 1. The summed E-state index contributed by atoms with van der Waals surface area (Å²) >= 11 is 0. The number of carbonyl (C=O) groups is 1. The average Bonchev–Trinajstić information content (AvgIpc) is 2.15. The smallest absolute Gasteiger partial charge is 0.409 e. The van der Waals surface area contributed by atoms with Crippen molar-refractivity contribution in [3.05, 3.63) is 0 Å². The van der Waals surface area contributed by atoms with Crippen LogP contribution in [0.15, 0.2) is 0 Å². The van der Waals surface area contributed by atoms with Crippen LogP contribution in [-0.4, -0.2) is 58.6 Å². The van der Waals surface area contributed by atoms with Crippen LogP contribution in [0.3, 0.4) is 0 Å².